The van der Waals surface area contributed by atoms with Crippen molar-refractivity contribution >= 4 is 50.0 Å². The Bertz CT molecular complexity index is 1080. The molecule has 2 aromatic heterocycles. The summed E-state index contributed by atoms with van der Waals surface area (Å²) in [5, 5.41) is 14.6. The van der Waals surface area contributed by atoms with Gasteiger partial charge in [0.2, 0.25) is 5.96 Å². The minimum absolute atomic E-state index is 0.0993. The van der Waals surface area contributed by atoms with E-state index in [0.717, 1.165) is 33.9 Å². The molecule has 1 aromatic carbocycles. The summed E-state index contributed by atoms with van der Waals surface area (Å²) in [6.45, 7) is 0. The summed E-state index contributed by atoms with van der Waals surface area (Å²) < 4.78 is 1.09. The molecule has 5 rings (SSSR count). The third-order valence-corrected chi connectivity index (χ3v) is 5.92. The first-order valence-electron chi connectivity index (χ1n) is 8.61. The first-order valence-corrected chi connectivity index (χ1v) is 9.81. The number of carbonyl (C=O) groups is 1. The average Bonchev–Trinajstić information content (AvgIpc) is 3.26. The van der Waals surface area contributed by atoms with Gasteiger partial charge in [0.05, 0.1) is 27.1 Å². The number of allylic oxidation sites excluding steroid dienone is 1. The van der Waals surface area contributed by atoms with Crippen molar-refractivity contribution in [3.8, 4) is 0 Å². The number of para-hydroxylation sites is 1. The molecule has 27 heavy (non-hydrogen) atoms. The van der Waals surface area contributed by atoms with Crippen LogP contribution >= 0.6 is 22.9 Å². The standard InChI is InChI=1S/C18H15ClN6OS/c19-9-8-20-25-15(9)16-14-11(5-3-6-12(14)26)21-17(23-16)24-18-22-10-4-1-2-7-13(10)27-18/h1-2,4,7-8,16H,3,5-6H2,(H,20,25)(H2,21,22,23,24). The lowest BCUT2D eigenvalue weighted by Gasteiger charge is -2.29. The number of aromatic amines is 1. The van der Waals surface area contributed by atoms with Crippen LogP contribution in [0.4, 0.5) is 5.13 Å². The first kappa shape index (κ1) is 16.5. The number of halogens is 1. The number of aromatic nitrogens is 3. The zero-order valence-corrected chi connectivity index (χ0v) is 15.7. The summed E-state index contributed by atoms with van der Waals surface area (Å²) >= 11 is 7.82. The number of benzene rings is 1. The molecule has 3 N–H and O–H groups in total. The van der Waals surface area contributed by atoms with Crippen LogP contribution in [0.25, 0.3) is 10.2 Å². The van der Waals surface area contributed by atoms with E-state index in [0.29, 0.717) is 28.7 Å². The molecule has 1 aliphatic carbocycles. The van der Waals surface area contributed by atoms with Crippen LogP contribution in [0, 0.1) is 0 Å². The van der Waals surface area contributed by atoms with Gasteiger partial charge in [-0.3, -0.25) is 9.89 Å². The van der Waals surface area contributed by atoms with Crippen molar-refractivity contribution in [1.82, 2.24) is 20.5 Å². The van der Waals surface area contributed by atoms with Crippen LogP contribution in [-0.4, -0.2) is 26.9 Å². The van der Waals surface area contributed by atoms with Gasteiger partial charge in [0.25, 0.3) is 0 Å². The lowest BCUT2D eigenvalue weighted by Crippen LogP contribution is -2.38. The normalized spacial score (nSPS) is 19.7. The Hall–Kier alpha value is -2.71. The van der Waals surface area contributed by atoms with Crippen molar-refractivity contribution in [1.29, 1.82) is 0 Å². The van der Waals surface area contributed by atoms with Gasteiger partial charge in [-0.1, -0.05) is 35.1 Å². The van der Waals surface area contributed by atoms with E-state index in [9.17, 15) is 4.79 Å². The fourth-order valence-electron chi connectivity index (χ4n) is 3.45. The largest absolute Gasteiger partial charge is 0.329 e. The fourth-order valence-corrected chi connectivity index (χ4v) is 4.51. The summed E-state index contributed by atoms with van der Waals surface area (Å²) in [5.74, 6) is 0.653. The minimum atomic E-state index is -0.499. The topological polar surface area (TPSA) is 95.1 Å². The van der Waals surface area contributed by atoms with Gasteiger partial charge in [-0.15, -0.1) is 0 Å². The van der Waals surface area contributed by atoms with Gasteiger partial charge in [0.15, 0.2) is 10.9 Å². The minimum Gasteiger partial charge on any atom is -0.329 e. The molecule has 136 valence electrons. The van der Waals surface area contributed by atoms with Gasteiger partial charge in [-0.25, -0.2) is 9.98 Å². The van der Waals surface area contributed by atoms with E-state index in [1.807, 2.05) is 24.3 Å². The van der Waals surface area contributed by atoms with Crippen molar-refractivity contribution in [3.05, 3.63) is 52.4 Å². The maximum Gasteiger partial charge on any atom is 0.202 e. The lowest BCUT2D eigenvalue weighted by atomic mass is 9.88. The average molecular weight is 399 g/mol. The van der Waals surface area contributed by atoms with Crippen LogP contribution in [0.5, 0.6) is 0 Å². The van der Waals surface area contributed by atoms with Crippen LogP contribution < -0.4 is 10.6 Å². The highest BCUT2D eigenvalue weighted by Gasteiger charge is 2.34. The number of nitrogens with one attached hydrogen (secondary N) is 3. The zero-order valence-electron chi connectivity index (χ0n) is 14.1. The number of thiazole rings is 1. The number of carbonyl (C=O) groups excluding carboxylic acids is 1. The molecule has 1 unspecified atom stereocenters. The molecule has 0 fully saturated rings. The molecule has 3 aromatic rings. The van der Waals surface area contributed by atoms with Gasteiger partial charge < -0.3 is 10.6 Å². The van der Waals surface area contributed by atoms with Crippen molar-refractivity contribution in [2.45, 2.75) is 25.3 Å². The molecular formula is C18H15ClN6OS. The first-order chi connectivity index (χ1) is 13.2. The highest BCUT2D eigenvalue weighted by molar-refractivity contribution is 7.22. The molecule has 0 amide bonds. The Morgan fingerprint density at radius 2 is 2.15 bits per heavy atom. The maximum absolute atomic E-state index is 12.6. The second-order valence-corrected chi connectivity index (χ2v) is 7.86. The Kier molecular flexibility index (Phi) is 3.95. The molecule has 0 saturated carbocycles. The molecule has 0 spiro atoms. The predicted octanol–water partition coefficient (Wildman–Crippen LogP) is 3.79. The third kappa shape index (κ3) is 2.90. The number of Topliss-reactive ketones (excluding diaryl/α,β-unsaturated/α-hetero) is 1. The van der Waals surface area contributed by atoms with Gasteiger partial charge in [0.1, 0.15) is 6.04 Å². The van der Waals surface area contributed by atoms with Gasteiger partial charge in [-0.2, -0.15) is 5.10 Å². The van der Waals surface area contributed by atoms with E-state index in [-0.39, 0.29) is 5.78 Å². The van der Waals surface area contributed by atoms with Gasteiger partial charge in [0, 0.05) is 17.7 Å². The molecule has 1 aliphatic heterocycles. The number of hydrogen-bond donors (Lipinski definition) is 3. The fraction of sp³-hybridized carbons (Fsp3) is 0.222. The Labute approximate surface area is 163 Å². The number of fused-ring (bicyclic) bond motifs is 1. The quantitative estimate of drug-likeness (QED) is 0.610. The highest BCUT2D eigenvalue weighted by atomic mass is 35.5. The lowest BCUT2D eigenvalue weighted by molar-refractivity contribution is -0.116. The molecule has 7 nitrogen and oxygen atoms in total. The molecule has 9 heteroatoms. The van der Waals surface area contributed by atoms with Gasteiger partial charge >= 0.3 is 0 Å². The molecule has 3 heterocycles. The number of H-pyrrole nitrogens is 1. The third-order valence-electron chi connectivity index (χ3n) is 4.67. The summed E-state index contributed by atoms with van der Waals surface area (Å²) in [4.78, 5) is 21.9. The molecular weight excluding hydrogens is 384 g/mol. The van der Waals surface area contributed by atoms with Crippen LogP contribution in [0.3, 0.4) is 0 Å². The van der Waals surface area contributed by atoms with Crippen LogP contribution in [0.15, 0.2) is 46.7 Å². The van der Waals surface area contributed by atoms with E-state index in [2.05, 4.69) is 25.8 Å². The number of hydrogen-bond acceptors (Lipinski definition) is 7. The number of ketones is 1. The van der Waals surface area contributed by atoms with E-state index in [4.69, 9.17) is 16.6 Å². The van der Waals surface area contributed by atoms with Gasteiger partial charge in [-0.05, 0) is 25.0 Å². The van der Waals surface area contributed by atoms with Crippen LogP contribution in [0.2, 0.25) is 5.02 Å². The van der Waals surface area contributed by atoms with Crippen LogP contribution in [0.1, 0.15) is 31.0 Å². The van der Waals surface area contributed by atoms with E-state index in [1.165, 1.54) is 6.20 Å². The van der Waals surface area contributed by atoms with Crippen molar-refractivity contribution in [2.75, 3.05) is 5.32 Å². The molecule has 2 aliphatic rings. The van der Waals surface area contributed by atoms with E-state index in [1.54, 1.807) is 11.3 Å². The number of rotatable bonds is 2. The maximum atomic E-state index is 12.6. The summed E-state index contributed by atoms with van der Waals surface area (Å²) in [5.41, 5.74) is 3.12. The molecule has 1 atom stereocenters. The second kappa shape index (κ2) is 6.47. The molecule has 0 saturated heterocycles. The summed E-state index contributed by atoms with van der Waals surface area (Å²) in [6, 6.07) is 7.45. The smallest absolute Gasteiger partial charge is 0.202 e. The SMILES string of the molecule is O=C1CCCC2=C1C(c1[nH]ncc1Cl)N=C(Nc1nc3ccccc3s1)N2. The van der Waals surface area contributed by atoms with Crippen molar-refractivity contribution in [2.24, 2.45) is 4.99 Å². The zero-order chi connectivity index (χ0) is 18.4. The van der Waals surface area contributed by atoms with Crippen molar-refractivity contribution in [3.63, 3.8) is 0 Å². The molecule has 0 bridgehead atoms. The second-order valence-electron chi connectivity index (χ2n) is 6.42. The van der Waals surface area contributed by atoms with Crippen molar-refractivity contribution < 1.29 is 4.79 Å². The Morgan fingerprint density at radius 3 is 2.96 bits per heavy atom. The highest BCUT2D eigenvalue weighted by Crippen LogP contribution is 2.38. The predicted molar refractivity (Wildman–Crippen MR) is 106 cm³/mol. The monoisotopic (exact) mass is 398 g/mol. The van der Waals surface area contributed by atoms with Crippen LogP contribution in [-0.2, 0) is 4.79 Å². The van der Waals surface area contributed by atoms with E-state index < -0.39 is 6.04 Å². The number of anilines is 1. The molecule has 0 radical (unpaired) electrons. The Balaban J connectivity index is 1.53. The Morgan fingerprint density at radius 1 is 1.26 bits per heavy atom. The summed E-state index contributed by atoms with van der Waals surface area (Å²) in [7, 11) is 0. The number of guanidine groups is 1. The number of aliphatic imine (C=N–C) groups is 1. The van der Waals surface area contributed by atoms with E-state index >= 15 is 0 Å². The summed E-state index contributed by atoms with van der Waals surface area (Å²) in [6.07, 6.45) is 3.67. The number of nitrogens with zero attached hydrogens (tertiary/aromatic N) is 3.